The Morgan fingerprint density at radius 2 is 1.90 bits per heavy atom. The Bertz CT molecular complexity index is 858. The van der Waals surface area contributed by atoms with E-state index in [0.717, 1.165) is 37.3 Å². The van der Waals surface area contributed by atoms with Crippen molar-refractivity contribution in [2.75, 3.05) is 24.3 Å². The Morgan fingerprint density at radius 1 is 1.21 bits per heavy atom. The third-order valence-electron chi connectivity index (χ3n) is 4.80. The fourth-order valence-electron chi connectivity index (χ4n) is 3.28. The van der Waals surface area contributed by atoms with Crippen LogP contribution >= 0.6 is 24.0 Å². The summed E-state index contributed by atoms with van der Waals surface area (Å²) in [4.78, 5) is 23.2. The first kappa shape index (κ1) is 23.2. The standard InChI is InChI=1S/C20H24ClFN4O2.ClH/c1-12-23-18(11-19(24-12)26(2)3)25-14-6-4-13(5-7-14)20(27)28-15-8-9-17(22)16(21)10-15;/h8-11,13-14H,4-7H2,1-3H3,(H,23,24,25);1H. The van der Waals surface area contributed by atoms with Crippen molar-refractivity contribution in [1.29, 1.82) is 0 Å². The van der Waals surface area contributed by atoms with E-state index in [1.165, 1.54) is 18.2 Å². The lowest BCUT2D eigenvalue weighted by molar-refractivity contribution is -0.140. The number of anilines is 2. The van der Waals surface area contributed by atoms with E-state index >= 15 is 0 Å². The smallest absolute Gasteiger partial charge is 0.314 e. The number of carbonyl (C=O) groups excluding carboxylic acids is 1. The number of aryl methyl sites for hydroxylation is 1. The molecule has 0 spiro atoms. The molecular formula is C20H25Cl2FN4O2. The van der Waals surface area contributed by atoms with Crippen molar-refractivity contribution in [1.82, 2.24) is 9.97 Å². The minimum atomic E-state index is -0.537. The van der Waals surface area contributed by atoms with Crippen molar-refractivity contribution in [3.8, 4) is 5.75 Å². The first-order valence-corrected chi connectivity index (χ1v) is 9.66. The molecule has 3 rings (SSSR count). The van der Waals surface area contributed by atoms with E-state index in [-0.39, 0.29) is 41.1 Å². The van der Waals surface area contributed by atoms with Gasteiger partial charge in [0.1, 0.15) is 29.0 Å². The van der Waals surface area contributed by atoms with Crippen molar-refractivity contribution >= 4 is 41.6 Å². The molecule has 0 atom stereocenters. The topological polar surface area (TPSA) is 67.3 Å². The number of ether oxygens (including phenoxy) is 1. The van der Waals surface area contributed by atoms with Crippen molar-refractivity contribution in [3.63, 3.8) is 0 Å². The van der Waals surface area contributed by atoms with Gasteiger partial charge in [-0.2, -0.15) is 0 Å². The molecule has 0 unspecified atom stereocenters. The molecule has 0 amide bonds. The van der Waals surface area contributed by atoms with Gasteiger partial charge in [0.15, 0.2) is 0 Å². The summed E-state index contributed by atoms with van der Waals surface area (Å²) in [5, 5.41) is 3.39. The molecule has 1 aromatic heterocycles. The second-order valence-corrected chi connectivity index (χ2v) is 7.65. The van der Waals surface area contributed by atoms with Crippen molar-refractivity contribution in [2.24, 2.45) is 5.92 Å². The van der Waals surface area contributed by atoms with E-state index in [4.69, 9.17) is 16.3 Å². The number of aromatic nitrogens is 2. The molecular weight excluding hydrogens is 418 g/mol. The van der Waals surface area contributed by atoms with Crippen LogP contribution in [-0.4, -0.2) is 36.1 Å². The molecule has 0 saturated heterocycles. The van der Waals surface area contributed by atoms with Gasteiger partial charge in [0.2, 0.25) is 0 Å². The molecule has 0 aliphatic heterocycles. The predicted molar refractivity (Wildman–Crippen MR) is 115 cm³/mol. The van der Waals surface area contributed by atoms with E-state index in [2.05, 4.69) is 15.3 Å². The lowest BCUT2D eigenvalue weighted by Crippen LogP contribution is -2.31. The highest BCUT2D eigenvalue weighted by atomic mass is 35.5. The average molecular weight is 443 g/mol. The largest absolute Gasteiger partial charge is 0.426 e. The van der Waals surface area contributed by atoms with E-state index in [1.54, 1.807) is 0 Å². The highest BCUT2D eigenvalue weighted by Gasteiger charge is 2.28. The fourth-order valence-corrected chi connectivity index (χ4v) is 3.45. The number of halogens is 3. The van der Waals surface area contributed by atoms with Crippen LogP contribution in [0.2, 0.25) is 5.02 Å². The fraction of sp³-hybridized carbons (Fsp3) is 0.450. The van der Waals surface area contributed by atoms with Crippen molar-refractivity contribution < 1.29 is 13.9 Å². The maximum Gasteiger partial charge on any atom is 0.314 e. The first-order chi connectivity index (χ1) is 13.3. The van der Waals surface area contributed by atoms with Crippen LogP contribution in [0.5, 0.6) is 5.75 Å². The van der Waals surface area contributed by atoms with Gasteiger partial charge in [-0.15, -0.1) is 12.4 Å². The summed E-state index contributed by atoms with van der Waals surface area (Å²) >= 11 is 5.73. The number of hydrogen-bond donors (Lipinski definition) is 1. The summed E-state index contributed by atoms with van der Waals surface area (Å²) in [7, 11) is 3.88. The number of carbonyl (C=O) groups is 1. The maximum atomic E-state index is 13.2. The van der Waals surface area contributed by atoms with Crippen LogP contribution in [0.15, 0.2) is 24.3 Å². The molecule has 1 saturated carbocycles. The Hall–Kier alpha value is -2.12. The first-order valence-electron chi connectivity index (χ1n) is 9.28. The van der Waals surface area contributed by atoms with Crippen LogP contribution in [0.4, 0.5) is 16.0 Å². The Labute approximate surface area is 181 Å². The van der Waals surface area contributed by atoms with Gasteiger partial charge < -0.3 is 15.0 Å². The molecule has 0 bridgehead atoms. The number of esters is 1. The second kappa shape index (κ2) is 10.1. The summed E-state index contributed by atoms with van der Waals surface area (Å²) < 4.78 is 18.6. The van der Waals surface area contributed by atoms with Gasteiger partial charge in [-0.05, 0) is 44.7 Å². The molecule has 2 aromatic rings. The predicted octanol–water partition coefficient (Wildman–Crippen LogP) is 4.64. The van der Waals surface area contributed by atoms with Crippen LogP contribution in [-0.2, 0) is 4.79 Å². The van der Waals surface area contributed by atoms with E-state index in [0.29, 0.717) is 5.82 Å². The van der Waals surface area contributed by atoms with Crippen molar-refractivity contribution in [3.05, 3.63) is 40.9 Å². The Kier molecular flexibility index (Phi) is 8.05. The quantitative estimate of drug-likeness (QED) is 0.537. The van der Waals surface area contributed by atoms with Gasteiger partial charge in [0.05, 0.1) is 10.9 Å². The summed E-state index contributed by atoms with van der Waals surface area (Å²) in [5.74, 6) is 1.62. The zero-order chi connectivity index (χ0) is 20.3. The Morgan fingerprint density at radius 3 is 2.52 bits per heavy atom. The number of hydrogen-bond acceptors (Lipinski definition) is 6. The third-order valence-corrected chi connectivity index (χ3v) is 5.09. The van der Waals surface area contributed by atoms with E-state index in [1.807, 2.05) is 32.0 Å². The monoisotopic (exact) mass is 442 g/mol. The number of rotatable bonds is 5. The molecule has 0 radical (unpaired) electrons. The van der Waals surface area contributed by atoms with Crippen LogP contribution in [0.3, 0.4) is 0 Å². The van der Waals surface area contributed by atoms with Crippen LogP contribution < -0.4 is 15.0 Å². The molecule has 1 aliphatic carbocycles. The Balaban J connectivity index is 0.00000300. The van der Waals surface area contributed by atoms with Gasteiger partial charge in [0, 0.05) is 32.3 Å². The van der Waals surface area contributed by atoms with Gasteiger partial charge in [0.25, 0.3) is 0 Å². The number of nitrogens with zero attached hydrogens (tertiary/aromatic N) is 3. The molecule has 1 aromatic carbocycles. The molecule has 29 heavy (non-hydrogen) atoms. The van der Waals surface area contributed by atoms with Crippen molar-refractivity contribution in [2.45, 2.75) is 38.6 Å². The lowest BCUT2D eigenvalue weighted by Gasteiger charge is -2.28. The maximum absolute atomic E-state index is 13.2. The zero-order valence-corrected chi connectivity index (χ0v) is 18.2. The summed E-state index contributed by atoms with van der Waals surface area (Å²) in [5.41, 5.74) is 0. The molecule has 1 heterocycles. The van der Waals surface area contributed by atoms with Crippen LogP contribution in [0.1, 0.15) is 31.5 Å². The summed E-state index contributed by atoms with van der Waals surface area (Å²) in [6.07, 6.45) is 3.11. The minimum Gasteiger partial charge on any atom is -0.426 e. The average Bonchev–Trinajstić information content (AvgIpc) is 2.65. The van der Waals surface area contributed by atoms with E-state index in [9.17, 15) is 9.18 Å². The number of benzene rings is 1. The zero-order valence-electron chi connectivity index (χ0n) is 16.6. The highest BCUT2D eigenvalue weighted by molar-refractivity contribution is 6.30. The van der Waals surface area contributed by atoms with Crippen LogP contribution in [0, 0.1) is 18.7 Å². The highest BCUT2D eigenvalue weighted by Crippen LogP contribution is 2.29. The summed E-state index contributed by atoms with van der Waals surface area (Å²) in [6.45, 7) is 1.87. The third kappa shape index (κ3) is 6.18. The molecule has 158 valence electrons. The van der Waals surface area contributed by atoms with Gasteiger partial charge in [-0.25, -0.2) is 14.4 Å². The molecule has 6 nitrogen and oxygen atoms in total. The van der Waals surface area contributed by atoms with E-state index < -0.39 is 5.82 Å². The lowest BCUT2D eigenvalue weighted by atomic mass is 9.86. The number of nitrogens with one attached hydrogen (secondary N) is 1. The summed E-state index contributed by atoms with van der Waals surface area (Å²) in [6, 6.07) is 6.09. The molecule has 1 fully saturated rings. The molecule has 9 heteroatoms. The second-order valence-electron chi connectivity index (χ2n) is 7.24. The van der Waals surface area contributed by atoms with Gasteiger partial charge in [-0.1, -0.05) is 11.6 Å². The van der Waals surface area contributed by atoms with Gasteiger partial charge in [-0.3, -0.25) is 4.79 Å². The van der Waals surface area contributed by atoms with Gasteiger partial charge >= 0.3 is 5.97 Å². The normalized spacial score (nSPS) is 18.5. The molecule has 1 aliphatic rings. The molecule has 1 N–H and O–H groups in total. The minimum absolute atomic E-state index is 0. The van der Waals surface area contributed by atoms with Crippen LogP contribution in [0.25, 0.3) is 0 Å². The SMILES string of the molecule is Cc1nc(NC2CCC(C(=O)Oc3ccc(F)c(Cl)c3)CC2)cc(N(C)C)n1.Cl.